The van der Waals surface area contributed by atoms with Gasteiger partial charge in [-0.15, -0.1) is 0 Å². The molecule has 1 aliphatic carbocycles. The van der Waals surface area contributed by atoms with Gasteiger partial charge in [-0.1, -0.05) is 26.7 Å². The fraction of sp³-hybridized carbons (Fsp3) is 1.00. The Bertz CT molecular complexity index is 236. The summed E-state index contributed by atoms with van der Waals surface area (Å²) in [6, 6.07) is 1.72. The Balaban J connectivity index is 2.21. The molecule has 1 nitrogen and oxygen atoms in total. The molecule has 1 saturated carbocycles. The predicted octanol–water partition coefficient (Wildman–Crippen LogP) is 4.07. The molecule has 0 spiro atoms. The fourth-order valence-electron chi connectivity index (χ4n) is 4.09. The molecule has 1 heteroatoms. The normalized spacial score (nSPS) is 36.8. The van der Waals surface area contributed by atoms with Gasteiger partial charge in [0.2, 0.25) is 0 Å². The van der Waals surface area contributed by atoms with Crippen molar-refractivity contribution in [3.8, 4) is 0 Å². The van der Waals surface area contributed by atoms with Gasteiger partial charge in [0.05, 0.1) is 0 Å². The molecule has 2 rings (SSSR count). The van der Waals surface area contributed by atoms with E-state index in [1.807, 2.05) is 0 Å². The van der Waals surface area contributed by atoms with E-state index < -0.39 is 0 Å². The first-order chi connectivity index (χ1) is 7.41. The molecule has 2 fully saturated rings. The van der Waals surface area contributed by atoms with E-state index in [0.29, 0.717) is 5.54 Å². The van der Waals surface area contributed by atoms with Crippen molar-refractivity contribution in [2.45, 2.75) is 84.3 Å². The van der Waals surface area contributed by atoms with Crippen molar-refractivity contribution < 1.29 is 0 Å². The zero-order valence-electron chi connectivity index (χ0n) is 11.8. The lowest BCUT2D eigenvalue weighted by Crippen LogP contribution is -2.51. The molecule has 94 valence electrons. The highest BCUT2D eigenvalue weighted by Gasteiger charge is 2.46. The van der Waals surface area contributed by atoms with Crippen molar-refractivity contribution in [3.63, 3.8) is 0 Å². The smallest absolute Gasteiger partial charge is 0.0132 e. The average Bonchev–Trinajstić information content (AvgIpc) is 2.55. The molecule has 0 aromatic rings. The quantitative estimate of drug-likeness (QED) is 0.647. The largest absolute Gasteiger partial charge is 0.292 e. The zero-order chi connectivity index (χ0) is 11.9. The summed E-state index contributed by atoms with van der Waals surface area (Å²) < 4.78 is 0. The van der Waals surface area contributed by atoms with E-state index in [-0.39, 0.29) is 0 Å². The second-order valence-corrected chi connectivity index (χ2v) is 7.24. The van der Waals surface area contributed by atoms with E-state index in [4.69, 9.17) is 0 Å². The Hall–Kier alpha value is -0.0400. The molecule has 1 aliphatic heterocycles. The maximum atomic E-state index is 2.86. The van der Waals surface area contributed by atoms with Crippen LogP contribution in [0.1, 0.15) is 66.7 Å². The molecule has 0 bridgehead atoms. The van der Waals surface area contributed by atoms with Gasteiger partial charge >= 0.3 is 0 Å². The highest BCUT2D eigenvalue weighted by Crippen LogP contribution is 2.45. The molecule has 0 amide bonds. The summed E-state index contributed by atoms with van der Waals surface area (Å²) in [5.74, 6) is 1.81. The third-order valence-electron chi connectivity index (χ3n) is 4.67. The monoisotopic (exact) mass is 223 g/mol. The van der Waals surface area contributed by atoms with Crippen LogP contribution in [-0.4, -0.2) is 22.5 Å². The van der Waals surface area contributed by atoms with Gasteiger partial charge in [0.15, 0.2) is 0 Å². The van der Waals surface area contributed by atoms with Gasteiger partial charge in [-0.2, -0.15) is 0 Å². The lowest BCUT2D eigenvalue weighted by molar-refractivity contribution is 0.0385. The van der Waals surface area contributed by atoms with E-state index in [2.05, 4.69) is 39.5 Å². The van der Waals surface area contributed by atoms with Gasteiger partial charge < -0.3 is 0 Å². The van der Waals surface area contributed by atoms with Crippen LogP contribution in [0.25, 0.3) is 0 Å². The Kier molecular flexibility index (Phi) is 3.36. The highest BCUT2D eigenvalue weighted by atomic mass is 15.3. The first-order valence-electron chi connectivity index (χ1n) is 7.19. The maximum Gasteiger partial charge on any atom is 0.0132 e. The third-order valence-corrected chi connectivity index (χ3v) is 4.67. The average molecular weight is 223 g/mol. The summed E-state index contributed by atoms with van der Waals surface area (Å²) in [7, 11) is 0. The maximum absolute atomic E-state index is 2.86. The Labute approximate surface area is 102 Å². The van der Waals surface area contributed by atoms with E-state index in [1.165, 1.54) is 32.1 Å². The number of likely N-dealkylation sites (tertiary alicyclic amines) is 1. The SMILES string of the molecule is CC(C)[C@@H]1C[C@H]2CCCC[C@H]2N1C(C)(C)C. The van der Waals surface area contributed by atoms with Crippen LogP contribution in [0.3, 0.4) is 0 Å². The van der Waals surface area contributed by atoms with Crippen molar-refractivity contribution in [1.29, 1.82) is 0 Å². The number of hydrogen-bond donors (Lipinski definition) is 0. The van der Waals surface area contributed by atoms with Crippen molar-refractivity contribution in [2.75, 3.05) is 0 Å². The first kappa shape index (κ1) is 12.4. The third kappa shape index (κ3) is 2.16. The van der Waals surface area contributed by atoms with Crippen LogP contribution in [-0.2, 0) is 0 Å². The summed E-state index contributed by atoms with van der Waals surface area (Å²) in [5.41, 5.74) is 0.353. The fourth-order valence-corrected chi connectivity index (χ4v) is 4.09. The minimum Gasteiger partial charge on any atom is -0.292 e. The van der Waals surface area contributed by atoms with Gasteiger partial charge in [-0.05, 0) is 51.9 Å². The van der Waals surface area contributed by atoms with Crippen LogP contribution in [0.5, 0.6) is 0 Å². The van der Waals surface area contributed by atoms with Crippen molar-refractivity contribution >= 4 is 0 Å². The van der Waals surface area contributed by atoms with Crippen molar-refractivity contribution in [2.24, 2.45) is 11.8 Å². The summed E-state index contributed by atoms with van der Waals surface area (Å²) in [6.07, 6.45) is 7.33. The molecule has 0 radical (unpaired) electrons. The van der Waals surface area contributed by atoms with Crippen LogP contribution in [0.15, 0.2) is 0 Å². The van der Waals surface area contributed by atoms with E-state index in [9.17, 15) is 0 Å². The van der Waals surface area contributed by atoms with E-state index >= 15 is 0 Å². The molecule has 1 saturated heterocycles. The van der Waals surface area contributed by atoms with E-state index in [1.54, 1.807) is 0 Å². The summed E-state index contributed by atoms with van der Waals surface area (Å²) in [6.45, 7) is 12.0. The summed E-state index contributed by atoms with van der Waals surface area (Å²) in [4.78, 5) is 2.86. The number of nitrogens with zero attached hydrogens (tertiary/aromatic N) is 1. The van der Waals surface area contributed by atoms with Crippen LogP contribution < -0.4 is 0 Å². The van der Waals surface area contributed by atoms with Crippen LogP contribution >= 0.6 is 0 Å². The zero-order valence-corrected chi connectivity index (χ0v) is 11.8. The number of hydrogen-bond acceptors (Lipinski definition) is 1. The van der Waals surface area contributed by atoms with E-state index in [0.717, 1.165) is 23.9 Å². The molecule has 16 heavy (non-hydrogen) atoms. The van der Waals surface area contributed by atoms with Gasteiger partial charge in [-0.3, -0.25) is 4.90 Å². The molecule has 3 atom stereocenters. The Morgan fingerprint density at radius 2 is 1.69 bits per heavy atom. The molecular weight excluding hydrogens is 194 g/mol. The van der Waals surface area contributed by atoms with Crippen molar-refractivity contribution in [1.82, 2.24) is 4.90 Å². The van der Waals surface area contributed by atoms with Gasteiger partial charge in [-0.25, -0.2) is 0 Å². The van der Waals surface area contributed by atoms with Gasteiger partial charge in [0, 0.05) is 17.6 Å². The lowest BCUT2D eigenvalue weighted by atomic mass is 9.83. The second kappa shape index (κ2) is 4.33. The molecule has 0 N–H and O–H groups in total. The minimum absolute atomic E-state index is 0.353. The first-order valence-corrected chi connectivity index (χ1v) is 7.19. The van der Waals surface area contributed by atoms with Gasteiger partial charge in [0.25, 0.3) is 0 Å². The number of fused-ring (bicyclic) bond motifs is 1. The Morgan fingerprint density at radius 3 is 2.25 bits per heavy atom. The van der Waals surface area contributed by atoms with Crippen LogP contribution in [0.2, 0.25) is 0 Å². The minimum atomic E-state index is 0.353. The molecule has 1 heterocycles. The molecule has 0 aromatic heterocycles. The molecule has 2 aliphatic rings. The summed E-state index contributed by atoms with van der Waals surface area (Å²) in [5, 5.41) is 0. The Morgan fingerprint density at radius 1 is 1.06 bits per heavy atom. The van der Waals surface area contributed by atoms with Crippen LogP contribution in [0, 0.1) is 11.8 Å². The topological polar surface area (TPSA) is 3.24 Å². The highest BCUT2D eigenvalue weighted by molar-refractivity contribution is 5.01. The molecule has 0 unspecified atom stereocenters. The lowest BCUT2D eigenvalue weighted by Gasteiger charge is -2.44. The van der Waals surface area contributed by atoms with Crippen molar-refractivity contribution in [3.05, 3.63) is 0 Å². The number of rotatable bonds is 1. The summed E-state index contributed by atoms with van der Waals surface area (Å²) >= 11 is 0. The molecular formula is C15H29N. The molecule has 0 aromatic carbocycles. The van der Waals surface area contributed by atoms with Crippen LogP contribution in [0.4, 0.5) is 0 Å². The second-order valence-electron chi connectivity index (χ2n) is 7.24. The standard InChI is InChI=1S/C15H29N/c1-11(2)14-10-12-8-6-7-9-13(12)16(14)15(3,4)5/h11-14H,6-10H2,1-5H3/t12-,13-,14+/m1/s1. The van der Waals surface area contributed by atoms with Gasteiger partial charge in [0.1, 0.15) is 0 Å². The predicted molar refractivity (Wildman–Crippen MR) is 70.6 cm³/mol.